The molecule has 0 bridgehead atoms. The number of para-hydroxylation sites is 2. The van der Waals surface area contributed by atoms with E-state index in [4.69, 9.17) is 19.7 Å². The second kappa shape index (κ2) is 7.37. The van der Waals surface area contributed by atoms with Crippen molar-refractivity contribution in [1.29, 1.82) is 0 Å². The summed E-state index contributed by atoms with van der Waals surface area (Å²) in [5.41, 5.74) is 3.25. The molecule has 0 N–H and O–H groups in total. The molecular formula is C23H26N8O. The molecule has 1 saturated carbocycles. The lowest BCUT2D eigenvalue weighted by Gasteiger charge is -2.27. The van der Waals surface area contributed by atoms with Gasteiger partial charge in [-0.2, -0.15) is 9.67 Å². The lowest BCUT2D eigenvalue weighted by atomic mass is 10.2. The van der Waals surface area contributed by atoms with E-state index >= 15 is 0 Å². The van der Waals surface area contributed by atoms with Gasteiger partial charge in [0.1, 0.15) is 17.5 Å². The molecule has 164 valence electrons. The summed E-state index contributed by atoms with van der Waals surface area (Å²) in [6.07, 6.45) is 1.03. The first kappa shape index (κ1) is 19.4. The van der Waals surface area contributed by atoms with Crippen molar-refractivity contribution in [2.75, 3.05) is 31.2 Å². The molecule has 2 aliphatic rings. The number of aryl methyl sites for hydroxylation is 3. The fourth-order valence-corrected chi connectivity index (χ4v) is 4.68. The van der Waals surface area contributed by atoms with Crippen molar-refractivity contribution in [2.24, 2.45) is 7.05 Å². The van der Waals surface area contributed by atoms with Gasteiger partial charge in [0.05, 0.1) is 29.9 Å². The fourth-order valence-electron chi connectivity index (χ4n) is 4.68. The summed E-state index contributed by atoms with van der Waals surface area (Å²) in [6, 6.07) is 10.4. The van der Waals surface area contributed by atoms with Crippen LogP contribution in [0, 0.1) is 13.8 Å². The number of hydrogen-bond donors (Lipinski definition) is 0. The number of rotatable bonds is 4. The Hall–Kier alpha value is -3.33. The summed E-state index contributed by atoms with van der Waals surface area (Å²) in [7, 11) is 2.10. The first-order chi connectivity index (χ1) is 15.6. The van der Waals surface area contributed by atoms with Crippen LogP contribution in [0.4, 0.5) is 5.95 Å². The van der Waals surface area contributed by atoms with Crippen molar-refractivity contribution in [3.8, 4) is 5.82 Å². The van der Waals surface area contributed by atoms with E-state index in [2.05, 4.69) is 50.9 Å². The quantitative estimate of drug-likeness (QED) is 0.492. The molecular weight excluding hydrogens is 404 g/mol. The molecule has 0 spiro atoms. The van der Waals surface area contributed by atoms with Crippen LogP contribution < -0.4 is 4.90 Å². The van der Waals surface area contributed by atoms with Gasteiger partial charge in [-0.25, -0.2) is 15.0 Å². The van der Waals surface area contributed by atoms with Gasteiger partial charge >= 0.3 is 0 Å². The highest BCUT2D eigenvalue weighted by molar-refractivity contribution is 5.76. The van der Waals surface area contributed by atoms with Gasteiger partial charge in [0.15, 0.2) is 5.82 Å². The molecule has 0 unspecified atom stereocenters. The third-order valence-electron chi connectivity index (χ3n) is 6.43. The summed E-state index contributed by atoms with van der Waals surface area (Å²) in [6.45, 7) is 6.81. The Labute approximate surface area is 186 Å². The average Bonchev–Trinajstić information content (AvgIpc) is 3.44. The van der Waals surface area contributed by atoms with Gasteiger partial charge in [-0.1, -0.05) is 12.1 Å². The third-order valence-corrected chi connectivity index (χ3v) is 6.43. The van der Waals surface area contributed by atoms with Gasteiger partial charge in [-0.05, 0) is 32.4 Å². The molecule has 32 heavy (non-hydrogen) atoms. The lowest BCUT2D eigenvalue weighted by molar-refractivity contribution is 0.122. The zero-order valence-corrected chi connectivity index (χ0v) is 18.6. The summed E-state index contributed by atoms with van der Waals surface area (Å²) in [5.74, 6) is 4.86. The molecule has 9 nitrogen and oxygen atoms in total. The molecule has 4 heterocycles. The molecule has 0 radical (unpaired) electrons. The van der Waals surface area contributed by atoms with Crippen molar-refractivity contribution in [2.45, 2.75) is 32.1 Å². The second-order valence-corrected chi connectivity index (χ2v) is 8.63. The minimum Gasteiger partial charge on any atom is -0.378 e. The largest absolute Gasteiger partial charge is 0.378 e. The third kappa shape index (κ3) is 3.24. The molecule has 1 aliphatic heterocycles. The Morgan fingerprint density at radius 3 is 2.53 bits per heavy atom. The van der Waals surface area contributed by atoms with Gasteiger partial charge in [0.2, 0.25) is 5.95 Å². The highest BCUT2D eigenvalue weighted by Gasteiger charge is 2.44. The van der Waals surface area contributed by atoms with Crippen molar-refractivity contribution in [3.63, 3.8) is 0 Å². The van der Waals surface area contributed by atoms with Crippen LogP contribution in [0.2, 0.25) is 0 Å². The van der Waals surface area contributed by atoms with Gasteiger partial charge in [-0.15, -0.1) is 5.10 Å². The van der Waals surface area contributed by atoms with Crippen LogP contribution in [0.3, 0.4) is 0 Å². The maximum Gasteiger partial charge on any atom is 0.227 e. The zero-order valence-electron chi connectivity index (χ0n) is 18.6. The predicted octanol–water partition coefficient (Wildman–Crippen LogP) is 2.67. The van der Waals surface area contributed by atoms with Crippen LogP contribution in [0.5, 0.6) is 0 Å². The molecule has 4 aromatic rings. The Morgan fingerprint density at radius 2 is 1.78 bits per heavy atom. The highest BCUT2D eigenvalue weighted by atomic mass is 16.5. The van der Waals surface area contributed by atoms with Gasteiger partial charge < -0.3 is 14.2 Å². The van der Waals surface area contributed by atoms with Crippen LogP contribution in [-0.2, 0) is 11.8 Å². The summed E-state index contributed by atoms with van der Waals surface area (Å²) < 4.78 is 9.56. The summed E-state index contributed by atoms with van der Waals surface area (Å²) in [5, 5.41) is 4.56. The van der Waals surface area contributed by atoms with Crippen LogP contribution >= 0.6 is 0 Å². The van der Waals surface area contributed by atoms with Crippen LogP contribution in [0.1, 0.15) is 41.4 Å². The molecule has 3 aromatic heterocycles. The maximum atomic E-state index is 5.53. The van der Waals surface area contributed by atoms with Gasteiger partial charge in [0, 0.05) is 38.0 Å². The van der Waals surface area contributed by atoms with Crippen LogP contribution in [0.25, 0.3) is 16.9 Å². The van der Waals surface area contributed by atoms with Crippen molar-refractivity contribution in [3.05, 3.63) is 53.5 Å². The molecule has 2 fully saturated rings. The predicted molar refractivity (Wildman–Crippen MR) is 120 cm³/mol. The van der Waals surface area contributed by atoms with E-state index in [0.717, 1.165) is 60.0 Å². The Bertz CT molecular complexity index is 1300. The topological polar surface area (TPSA) is 86.8 Å². The van der Waals surface area contributed by atoms with E-state index < -0.39 is 0 Å². The number of aromatic nitrogens is 7. The molecule has 1 aliphatic carbocycles. The maximum absolute atomic E-state index is 5.53. The SMILES string of the molecule is Cc1nc(C)n(-c2cc([C@@H]3C[C@H]3c3nc4ccccc4n3C)nc(N3CCOCC3)n2)n1. The van der Waals surface area contributed by atoms with Crippen LogP contribution in [-0.4, -0.2) is 60.6 Å². The number of ether oxygens (including phenoxy) is 1. The van der Waals surface area contributed by atoms with E-state index in [1.807, 2.05) is 24.6 Å². The standard InChI is InChI=1S/C23H26N8O/c1-14-24-15(2)31(28-14)21-13-19(26-23(27-21)30-8-10-32-11-9-30)16-12-17(16)22-25-18-6-4-5-7-20(18)29(22)3/h4-7,13,16-17H,8-12H2,1-3H3/t16-,17-/m1/s1. The number of fused-ring (bicyclic) bond motifs is 1. The Morgan fingerprint density at radius 1 is 0.969 bits per heavy atom. The number of nitrogens with zero attached hydrogens (tertiary/aromatic N) is 8. The number of hydrogen-bond acceptors (Lipinski definition) is 7. The minimum absolute atomic E-state index is 0.317. The molecule has 1 saturated heterocycles. The minimum atomic E-state index is 0.317. The van der Waals surface area contributed by atoms with E-state index in [1.54, 1.807) is 0 Å². The van der Waals surface area contributed by atoms with Gasteiger partial charge in [-0.3, -0.25) is 0 Å². The first-order valence-electron chi connectivity index (χ1n) is 11.1. The first-order valence-corrected chi connectivity index (χ1v) is 11.1. The molecule has 9 heteroatoms. The van der Waals surface area contributed by atoms with Crippen molar-refractivity contribution < 1.29 is 4.74 Å². The summed E-state index contributed by atoms with van der Waals surface area (Å²) >= 11 is 0. The fraction of sp³-hybridized carbons (Fsp3) is 0.435. The normalized spacial score (nSPS) is 20.8. The molecule has 6 rings (SSSR count). The van der Waals surface area contributed by atoms with E-state index in [0.29, 0.717) is 25.0 Å². The number of benzene rings is 1. The monoisotopic (exact) mass is 430 g/mol. The number of anilines is 1. The number of morpholine rings is 1. The van der Waals surface area contributed by atoms with E-state index in [-0.39, 0.29) is 0 Å². The smallest absolute Gasteiger partial charge is 0.227 e. The highest BCUT2D eigenvalue weighted by Crippen LogP contribution is 2.54. The zero-order chi connectivity index (χ0) is 21.8. The molecule has 2 atom stereocenters. The van der Waals surface area contributed by atoms with E-state index in [9.17, 15) is 0 Å². The second-order valence-electron chi connectivity index (χ2n) is 8.63. The van der Waals surface area contributed by atoms with Crippen molar-refractivity contribution >= 4 is 17.0 Å². The summed E-state index contributed by atoms with van der Waals surface area (Å²) in [4.78, 5) is 21.4. The van der Waals surface area contributed by atoms with E-state index in [1.165, 1.54) is 5.52 Å². The van der Waals surface area contributed by atoms with Crippen molar-refractivity contribution in [1.82, 2.24) is 34.3 Å². The lowest BCUT2D eigenvalue weighted by Crippen LogP contribution is -2.37. The molecule has 0 amide bonds. The van der Waals surface area contributed by atoms with Gasteiger partial charge in [0.25, 0.3) is 0 Å². The average molecular weight is 431 g/mol. The Kier molecular flexibility index (Phi) is 4.46. The number of imidazole rings is 1. The Balaban J connectivity index is 1.39. The molecule has 1 aromatic carbocycles. The van der Waals surface area contributed by atoms with Crippen LogP contribution in [0.15, 0.2) is 30.3 Å².